The topological polar surface area (TPSA) is 66.8 Å². The van der Waals surface area contributed by atoms with Gasteiger partial charge in [0.05, 0.1) is 6.26 Å². The number of ether oxygens (including phenoxy) is 1. The quantitative estimate of drug-likeness (QED) is 0.438. The van der Waals surface area contributed by atoms with E-state index >= 15 is 0 Å². The molecule has 0 radical (unpaired) electrons. The number of hydrogen-bond donors (Lipinski definition) is 2. The van der Waals surface area contributed by atoms with Gasteiger partial charge in [-0.2, -0.15) is 0 Å². The first-order valence-electron chi connectivity index (χ1n) is 3.45. The van der Waals surface area contributed by atoms with E-state index in [1.807, 2.05) is 0 Å². The van der Waals surface area contributed by atoms with Crippen molar-refractivity contribution in [2.45, 2.75) is 12.2 Å². The molecule has 0 saturated heterocycles. The first-order chi connectivity index (χ1) is 5.62. The zero-order valence-electron chi connectivity index (χ0n) is 6.65. The summed E-state index contributed by atoms with van der Waals surface area (Å²) < 4.78 is 4.63. The SMILES string of the molecule is COC1(O)CC(=CO)C=CC1=O. The van der Waals surface area contributed by atoms with E-state index in [-0.39, 0.29) is 6.42 Å². The van der Waals surface area contributed by atoms with Gasteiger partial charge in [0, 0.05) is 13.5 Å². The molecule has 0 heterocycles. The molecule has 0 fully saturated rings. The maximum atomic E-state index is 11.0. The van der Waals surface area contributed by atoms with Gasteiger partial charge in [0.25, 0.3) is 0 Å². The molecule has 0 aromatic heterocycles. The van der Waals surface area contributed by atoms with Crippen LogP contribution in [0.1, 0.15) is 6.42 Å². The van der Waals surface area contributed by atoms with E-state index in [2.05, 4.69) is 4.74 Å². The van der Waals surface area contributed by atoms with Gasteiger partial charge in [-0.05, 0) is 11.6 Å². The molecule has 0 aromatic carbocycles. The second kappa shape index (κ2) is 3.08. The summed E-state index contributed by atoms with van der Waals surface area (Å²) in [7, 11) is 1.24. The van der Waals surface area contributed by atoms with Crippen molar-refractivity contribution in [3.05, 3.63) is 24.0 Å². The Morgan fingerprint density at radius 2 is 2.33 bits per heavy atom. The van der Waals surface area contributed by atoms with Crippen LogP contribution in [0.15, 0.2) is 24.0 Å². The first kappa shape index (κ1) is 8.96. The molecule has 1 aliphatic carbocycles. The molecule has 1 unspecified atom stereocenters. The normalized spacial score (nSPS) is 32.8. The van der Waals surface area contributed by atoms with Crippen LogP contribution >= 0.6 is 0 Å². The maximum Gasteiger partial charge on any atom is 0.234 e. The van der Waals surface area contributed by atoms with E-state index in [0.29, 0.717) is 5.57 Å². The molecule has 66 valence electrons. The maximum absolute atomic E-state index is 11.0. The van der Waals surface area contributed by atoms with Gasteiger partial charge in [-0.15, -0.1) is 0 Å². The van der Waals surface area contributed by atoms with Crippen molar-refractivity contribution >= 4 is 5.78 Å². The van der Waals surface area contributed by atoms with Gasteiger partial charge in [0.1, 0.15) is 0 Å². The molecule has 0 aromatic rings. The lowest BCUT2D eigenvalue weighted by molar-refractivity contribution is -0.189. The van der Waals surface area contributed by atoms with Gasteiger partial charge < -0.3 is 14.9 Å². The van der Waals surface area contributed by atoms with Crippen molar-refractivity contribution in [1.29, 1.82) is 0 Å². The zero-order chi connectivity index (χ0) is 9.19. The van der Waals surface area contributed by atoms with Crippen LogP contribution in [0.25, 0.3) is 0 Å². The van der Waals surface area contributed by atoms with Gasteiger partial charge in [0.2, 0.25) is 11.6 Å². The minimum absolute atomic E-state index is 0.0185. The Morgan fingerprint density at radius 1 is 1.67 bits per heavy atom. The number of methoxy groups -OCH3 is 1. The molecule has 0 aliphatic heterocycles. The van der Waals surface area contributed by atoms with Crippen LogP contribution in [-0.2, 0) is 9.53 Å². The average Bonchev–Trinajstić information content (AvgIpc) is 2.10. The fourth-order valence-corrected chi connectivity index (χ4v) is 0.997. The van der Waals surface area contributed by atoms with Crippen LogP contribution in [0.2, 0.25) is 0 Å². The van der Waals surface area contributed by atoms with Crippen molar-refractivity contribution in [1.82, 2.24) is 0 Å². The predicted octanol–water partition coefficient (Wildman–Crippen LogP) is 0.292. The first-order valence-corrected chi connectivity index (χ1v) is 3.45. The molecule has 1 aliphatic rings. The Labute approximate surface area is 69.8 Å². The number of aliphatic hydroxyl groups is 2. The van der Waals surface area contributed by atoms with Gasteiger partial charge in [-0.3, -0.25) is 4.79 Å². The number of aliphatic hydroxyl groups excluding tert-OH is 1. The average molecular weight is 170 g/mol. The van der Waals surface area contributed by atoms with Gasteiger partial charge in [-0.1, -0.05) is 6.08 Å². The van der Waals surface area contributed by atoms with E-state index in [4.69, 9.17) is 5.11 Å². The molecule has 4 heteroatoms. The highest BCUT2D eigenvalue weighted by molar-refractivity contribution is 5.97. The molecular formula is C8H10O4. The Bertz CT molecular complexity index is 254. The van der Waals surface area contributed by atoms with Crippen LogP contribution in [0.5, 0.6) is 0 Å². The highest BCUT2D eigenvalue weighted by atomic mass is 16.6. The van der Waals surface area contributed by atoms with Crippen LogP contribution in [0, 0.1) is 0 Å². The summed E-state index contributed by atoms with van der Waals surface area (Å²) >= 11 is 0. The zero-order valence-corrected chi connectivity index (χ0v) is 6.65. The standard InChI is InChI=1S/C8H10O4/c1-12-8(11)4-6(5-9)2-3-7(8)10/h2-3,5,9,11H,4H2,1H3. The van der Waals surface area contributed by atoms with E-state index in [9.17, 15) is 9.90 Å². The van der Waals surface area contributed by atoms with E-state index in [1.165, 1.54) is 19.3 Å². The van der Waals surface area contributed by atoms with Crippen molar-refractivity contribution in [3.63, 3.8) is 0 Å². The van der Waals surface area contributed by atoms with E-state index in [0.717, 1.165) is 6.26 Å². The Morgan fingerprint density at radius 3 is 2.83 bits per heavy atom. The molecule has 0 saturated carbocycles. The molecule has 0 amide bonds. The van der Waals surface area contributed by atoms with Gasteiger partial charge >= 0.3 is 0 Å². The molecule has 12 heavy (non-hydrogen) atoms. The lowest BCUT2D eigenvalue weighted by Crippen LogP contribution is -2.41. The molecule has 1 atom stereocenters. The monoisotopic (exact) mass is 170 g/mol. The lowest BCUT2D eigenvalue weighted by Gasteiger charge is -2.26. The lowest BCUT2D eigenvalue weighted by atomic mass is 9.95. The Kier molecular flexibility index (Phi) is 2.30. The summed E-state index contributed by atoms with van der Waals surface area (Å²) in [6.45, 7) is 0. The van der Waals surface area contributed by atoms with Crippen LogP contribution in [0.4, 0.5) is 0 Å². The minimum atomic E-state index is -1.80. The summed E-state index contributed by atoms with van der Waals surface area (Å²) in [6.07, 6.45) is 3.44. The van der Waals surface area contributed by atoms with Gasteiger partial charge in [0.15, 0.2) is 0 Å². The van der Waals surface area contributed by atoms with E-state index < -0.39 is 11.6 Å². The fraction of sp³-hybridized carbons (Fsp3) is 0.375. The Hall–Kier alpha value is -1.13. The number of ketones is 1. The highest BCUT2D eigenvalue weighted by Crippen LogP contribution is 2.24. The van der Waals surface area contributed by atoms with Crippen molar-refractivity contribution in [2.24, 2.45) is 0 Å². The third kappa shape index (κ3) is 1.39. The highest BCUT2D eigenvalue weighted by Gasteiger charge is 2.37. The Balaban J connectivity index is 2.94. The molecule has 0 bridgehead atoms. The fourth-order valence-electron chi connectivity index (χ4n) is 0.997. The van der Waals surface area contributed by atoms with Crippen molar-refractivity contribution in [2.75, 3.05) is 7.11 Å². The number of carbonyl (C=O) groups excluding carboxylic acids is 1. The summed E-state index contributed by atoms with van der Waals surface area (Å²) in [5, 5.41) is 18.1. The summed E-state index contributed by atoms with van der Waals surface area (Å²) in [6, 6.07) is 0. The largest absolute Gasteiger partial charge is 0.515 e. The van der Waals surface area contributed by atoms with Crippen molar-refractivity contribution in [3.8, 4) is 0 Å². The number of allylic oxidation sites excluding steroid dienone is 1. The third-order valence-electron chi connectivity index (χ3n) is 1.78. The van der Waals surface area contributed by atoms with Crippen LogP contribution in [0.3, 0.4) is 0 Å². The number of rotatable bonds is 1. The second-order valence-corrected chi connectivity index (χ2v) is 2.57. The predicted molar refractivity (Wildman–Crippen MR) is 41.4 cm³/mol. The molecular weight excluding hydrogens is 160 g/mol. The molecule has 4 nitrogen and oxygen atoms in total. The third-order valence-corrected chi connectivity index (χ3v) is 1.78. The van der Waals surface area contributed by atoms with Crippen LogP contribution < -0.4 is 0 Å². The molecule has 1 rings (SSSR count). The van der Waals surface area contributed by atoms with Crippen molar-refractivity contribution < 1.29 is 19.7 Å². The smallest absolute Gasteiger partial charge is 0.234 e. The molecule has 2 N–H and O–H groups in total. The number of hydrogen-bond acceptors (Lipinski definition) is 4. The summed E-state index contributed by atoms with van der Waals surface area (Å²) in [4.78, 5) is 11.0. The summed E-state index contributed by atoms with van der Waals surface area (Å²) in [5.41, 5.74) is 0.457. The minimum Gasteiger partial charge on any atom is -0.515 e. The molecule has 0 spiro atoms. The summed E-state index contributed by atoms with van der Waals surface area (Å²) in [5.74, 6) is -2.31. The van der Waals surface area contributed by atoms with Crippen LogP contribution in [-0.4, -0.2) is 28.9 Å². The van der Waals surface area contributed by atoms with Gasteiger partial charge in [-0.25, -0.2) is 0 Å². The van der Waals surface area contributed by atoms with E-state index in [1.54, 1.807) is 0 Å². The second-order valence-electron chi connectivity index (χ2n) is 2.57. The number of carbonyl (C=O) groups is 1.